The summed E-state index contributed by atoms with van der Waals surface area (Å²) in [5, 5.41) is 8.83. The maximum atomic E-state index is 12.1. The Kier molecular flexibility index (Phi) is 5.90. The summed E-state index contributed by atoms with van der Waals surface area (Å²) in [4.78, 5) is 37.5. The summed E-state index contributed by atoms with van der Waals surface area (Å²) in [6, 6.07) is 8.68. The molecular weight excluding hydrogens is 272 g/mol. The SMILES string of the molecule is CC(CN(C)C(=O)CN(C)C(=O)c1ccccc1)C(=O)O. The molecule has 1 rings (SSSR count). The molecule has 21 heavy (non-hydrogen) atoms. The number of carbonyl (C=O) groups excluding carboxylic acids is 2. The van der Waals surface area contributed by atoms with E-state index in [0.29, 0.717) is 5.56 Å². The highest BCUT2D eigenvalue weighted by Crippen LogP contribution is 2.04. The second-order valence-electron chi connectivity index (χ2n) is 5.04. The Bertz CT molecular complexity index is 516. The molecule has 1 unspecified atom stereocenters. The van der Waals surface area contributed by atoms with E-state index < -0.39 is 11.9 Å². The molecule has 2 amide bonds. The van der Waals surface area contributed by atoms with Crippen molar-refractivity contribution < 1.29 is 19.5 Å². The zero-order valence-corrected chi connectivity index (χ0v) is 12.4. The van der Waals surface area contributed by atoms with Crippen LogP contribution in [0.3, 0.4) is 0 Å². The molecule has 1 aromatic carbocycles. The van der Waals surface area contributed by atoms with Crippen molar-refractivity contribution in [2.75, 3.05) is 27.2 Å². The van der Waals surface area contributed by atoms with Crippen molar-refractivity contribution in [1.82, 2.24) is 9.80 Å². The highest BCUT2D eigenvalue weighted by atomic mass is 16.4. The van der Waals surface area contributed by atoms with Crippen LogP contribution < -0.4 is 0 Å². The van der Waals surface area contributed by atoms with E-state index in [1.807, 2.05) is 6.07 Å². The van der Waals surface area contributed by atoms with Crippen molar-refractivity contribution in [1.29, 1.82) is 0 Å². The fourth-order valence-corrected chi connectivity index (χ4v) is 1.79. The van der Waals surface area contributed by atoms with Crippen molar-refractivity contribution in [3.05, 3.63) is 35.9 Å². The van der Waals surface area contributed by atoms with Gasteiger partial charge in [0.15, 0.2) is 0 Å². The van der Waals surface area contributed by atoms with Gasteiger partial charge in [-0.2, -0.15) is 0 Å². The number of benzene rings is 1. The highest BCUT2D eigenvalue weighted by Gasteiger charge is 2.20. The lowest BCUT2D eigenvalue weighted by molar-refractivity contribution is -0.142. The number of carboxylic acids is 1. The molecule has 0 fully saturated rings. The summed E-state index contributed by atoms with van der Waals surface area (Å²) in [5.74, 6) is -2.14. The summed E-state index contributed by atoms with van der Waals surface area (Å²) in [6.45, 7) is 1.56. The molecule has 6 nitrogen and oxygen atoms in total. The van der Waals surface area contributed by atoms with Crippen molar-refractivity contribution >= 4 is 17.8 Å². The van der Waals surface area contributed by atoms with Gasteiger partial charge >= 0.3 is 5.97 Å². The first-order chi connectivity index (χ1) is 9.82. The second-order valence-corrected chi connectivity index (χ2v) is 5.04. The third-order valence-corrected chi connectivity index (χ3v) is 3.13. The van der Waals surface area contributed by atoms with Crippen LogP contribution in [0.4, 0.5) is 0 Å². The Morgan fingerprint density at radius 2 is 1.67 bits per heavy atom. The third kappa shape index (κ3) is 4.91. The van der Waals surface area contributed by atoms with Crippen LogP contribution in [0.5, 0.6) is 0 Å². The molecule has 6 heteroatoms. The van der Waals surface area contributed by atoms with E-state index in [2.05, 4.69) is 0 Å². The molecule has 0 saturated carbocycles. The number of carbonyl (C=O) groups is 3. The topological polar surface area (TPSA) is 77.9 Å². The number of aliphatic carboxylic acids is 1. The van der Waals surface area contributed by atoms with Gasteiger partial charge in [0, 0.05) is 26.2 Å². The molecule has 1 N–H and O–H groups in total. The first-order valence-electron chi connectivity index (χ1n) is 6.60. The molecule has 1 atom stereocenters. The maximum Gasteiger partial charge on any atom is 0.308 e. The lowest BCUT2D eigenvalue weighted by Gasteiger charge is -2.23. The van der Waals surface area contributed by atoms with Crippen LogP contribution >= 0.6 is 0 Å². The number of amides is 2. The summed E-state index contributed by atoms with van der Waals surface area (Å²) in [5.41, 5.74) is 0.509. The lowest BCUT2D eigenvalue weighted by atomic mass is 10.1. The first-order valence-corrected chi connectivity index (χ1v) is 6.60. The number of carboxylic acid groups (broad SMARTS) is 1. The van der Waals surface area contributed by atoms with Gasteiger partial charge in [-0.05, 0) is 12.1 Å². The summed E-state index contributed by atoms with van der Waals surface area (Å²) in [6.07, 6.45) is 0. The maximum absolute atomic E-state index is 12.1. The average Bonchev–Trinajstić information content (AvgIpc) is 2.46. The Morgan fingerprint density at radius 1 is 1.10 bits per heavy atom. The smallest absolute Gasteiger partial charge is 0.308 e. The van der Waals surface area contributed by atoms with Gasteiger partial charge < -0.3 is 14.9 Å². The van der Waals surface area contributed by atoms with Crippen molar-refractivity contribution in [2.24, 2.45) is 5.92 Å². The van der Waals surface area contributed by atoms with Crippen LogP contribution in [0.25, 0.3) is 0 Å². The van der Waals surface area contributed by atoms with Gasteiger partial charge in [-0.1, -0.05) is 25.1 Å². The van der Waals surface area contributed by atoms with Gasteiger partial charge in [0.05, 0.1) is 12.5 Å². The molecule has 0 aliphatic carbocycles. The fraction of sp³-hybridized carbons (Fsp3) is 0.400. The third-order valence-electron chi connectivity index (χ3n) is 3.13. The van der Waals surface area contributed by atoms with Crippen LogP contribution in [0, 0.1) is 5.92 Å². The molecule has 0 aliphatic heterocycles. The van der Waals surface area contributed by atoms with Gasteiger partial charge in [0.25, 0.3) is 5.91 Å². The number of hydrogen-bond acceptors (Lipinski definition) is 3. The van der Waals surface area contributed by atoms with Crippen LogP contribution in [0.1, 0.15) is 17.3 Å². The Labute approximate surface area is 124 Å². The molecule has 0 saturated heterocycles. The number of likely N-dealkylation sites (N-methyl/N-ethyl adjacent to an activating group) is 2. The van der Waals surface area contributed by atoms with E-state index in [4.69, 9.17) is 5.11 Å². The van der Waals surface area contributed by atoms with Gasteiger partial charge in [0.1, 0.15) is 0 Å². The minimum atomic E-state index is -0.955. The standard InChI is InChI=1S/C15H20N2O4/c1-11(15(20)21)9-16(2)13(18)10-17(3)14(19)12-7-5-4-6-8-12/h4-8,11H,9-10H2,1-3H3,(H,20,21). The van der Waals surface area contributed by atoms with Crippen molar-refractivity contribution in [2.45, 2.75) is 6.92 Å². The quantitative estimate of drug-likeness (QED) is 0.846. The molecule has 0 heterocycles. The van der Waals surface area contributed by atoms with E-state index in [0.717, 1.165) is 0 Å². The average molecular weight is 292 g/mol. The monoisotopic (exact) mass is 292 g/mol. The van der Waals surface area contributed by atoms with Crippen molar-refractivity contribution in [3.8, 4) is 0 Å². The van der Waals surface area contributed by atoms with Crippen LogP contribution in [-0.4, -0.2) is 59.9 Å². The zero-order valence-electron chi connectivity index (χ0n) is 12.4. The molecule has 1 aromatic rings. The molecule has 0 aliphatic rings. The molecule has 0 radical (unpaired) electrons. The Morgan fingerprint density at radius 3 is 2.19 bits per heavy atom. The van der Waals surface area contributed by atoms with Gasteiger partial charge in [0.2, 0.25) is 5.91 Å². The summed E-state index contributed by atoms with van der Waals surface area (Å²) < 4.78 is 0. The van der Waals surface area contributed by atoms with E-state index in [1.165, 1.54) is 23.8 Å². The molecular formula is C15H20N2O4. The van der Waals surface area contributed by atoms with E-state index in [1.54, 1.807) is 31.3 Å². The van der Waals surface area contributed by atoms with E-state index >= 15 is 0 Å². The zero-order chi connectivity index (χ0) is 16.0. The predicted molar refractivity (Wildman–Crippen MR) is 77.8 cm³/mol. The van der Waals surface area contributed by atoms with E-state index in [-0.39, 0.29) is 24.9 Å². The summed E-state index contributed by atoms with van der Waals surface area (Å²) in [7, 11) is 3.07. The second kappa shape index (κ2) is 7.42. The predicted octanol–water partition coefficient (Wildman–Crippen LogP) is 0.938. The highest BCUT2D eigenvalue weighted by molar-refractivity contribution is 5.96. The minimum Gasteiger partial charge on any atom is -0.481 e. The normalized spacial score (nSPS) is 11.6. The first kappa shape index (κ1) is 16.7. The Hall–Kier alpha value is -2.37. The fourth-order valence-electron chi connectivity index (χ4n) is 1.79. The van der Waals surface area contributed by atoms with E-state index in [9.17, 15) is 14.4 Å². The van der Waals surface area contributed by atoms with Crippen molar-refractivity contribution in [3.63, 3.8) is 0 Å². The van der Waals surface area contributed by atoms with Gasteiger partial charge in [-0.15, -0.1) is 0 Å². The molecule has 0 spiro atoms. The van der Waals surface area contributed by atoms with Gasteiger partial charge in [-0.3, -0.25) is 14.4 Å². The van der Waals surface area contributed by atoms with Crippen LogP contribution in [0.2, 0.25) is 0 Å². The molecule has 0 aromatic heterocycles. The molecule has 114 valence electrons. The summed E-state index contributed by atoms with van der Waals surface area (Å²) >= 11 is 0. The van der Waals surface area contributed by atoms with Crippen LogP contribution in [-0.2, 0) is 9.59 Å². The number of hydrogen-bond donors (Lipinski definition) is 1. The Balaban J connectivity index is 2.58. The largest absolute Gasteiger partial charge is 0.481 e. The minimum absolute atomic E-state index is 0.0867. The van der Waals surface area contributed by atoms with Gasteiger partial charge in [-0.25, -0.2) is 0 Å². The van der Waals surface area contributed by atoms with Crippen LogP contribution in [0.15, 0.2) is 30.3 Å². The lowest BCUT2D eigenvalue weighted by Crippen LogP contribution is -2.41. The number of rotatable bonds is 6. The molecule has 0 bridgehead atoms. The number of nitrogens with zero attached hydrogens (tertiary/aromatic N) is 2.